The number of likely N-dealkylation sites (N-methyl/N-ethyl adjacent to an activating group) is 1. The summed E-state index contributed by atoms with van der Waals surface area (Å²) in [5, 5.41) is 4.20. The molecule has 11 heteroatoms. The number of rotatable bonds is 10. The summed E-state index contributed by atoms with van der Waals surface area (Å²) in [6.45, 7) is 12.6. The lowest BCUT2D eigenvalue weighted by molar-refractivity contribution is -0.130. The van der Waals surface area contributed by atoms with Crippen LogP contribution in [-0.2, 0) is 24.3 Å². The van der Waals surface area contributed by atoms with Crippen LogP contribution in [0, 0.1) is 0 Å². The highest BCUT2D eigenvalue weighted by Gasteiger charge is 2.25. The number of hydrogen-bond acceptors (Lipinski definition) is 6. The van der Waals surface area contributed by atoms with E-state index in [1.165, 1.54) is 18.5 Å². The zero-order valence-electron chi connectivity index (χ0n) is 27.6. The summed E-state index contributed by atoms with van der Waals surface area (Å²) in [4.78, 5) is 37.7. The van der Waals surface area contributed by atoms with E-state index in [1.807, 2.05) is 41.3 Å². The average Bonchev–Trinajstić information content (AvgIpc) is 3.55. The van der Waals surface area contributed by atoms with Gasteiger partial charge in [0, 0.05) is 99.0 Å². The van der Waals surface area contributed by atoms with Gasteiger partial charge in [0.25, 0.3) is 5.91 Å². The van der Waals surface area contributed by atoms with Gasteiger partial charge in [-0.05, 0) is 84.6 Å². The van der Waals surface area contributed by atoms with Gasteiger partial charge in [-0.1, -0.05) is 64.8 Å². The Morgan fingerprint density at radius 1 is 0.812 bits per heavy atom. The zero-order chi connectivity index (χ0) is 33.6. The third-order valence-corrected chi connectivity index (χ3v) is 11.8. The number of carbonyl (C=O) groups excluding carboxylic acids is 2. The van der Waals surface area contributed by atoms with E-state index in [0.29, 0.717) is 57.9 Å². The Balaban J connectivity index is 0.963. The van der Waals surface area contributed by atoms with Gasteiger partial charge in [0.2, 0.25) is 5.91 Å². The Hall–Kier alpha value is -2.57. The molecule has 3 aliphatic rings. The number of nitrogens with one attached hydrogen (secondary N) is 1. The summed E-state index contributed by atoms with van der Waals surface area (Å²) in [7, 11) is 0. The number of carbonyl (C=O) groups is 2. The van der Waals surface area contributed by atoms with Crippen molar-refractivity contribution in [2.24, 2.45) is 0 Å². The van der Waals surface area contributed by atoms with Crippen molar-refractivity contribution in [3.05, 3.63) is 93.0 Å². The molecule has 0 aliphatic carbocycles. The SMILES string of the molecule is CCN1CCN(Cc2cc(Cl)c(CC(=O)N3CCN(c4ccc(C(=O)NCc5cccc(N6CCCC6I)c5)cc4)CC3)c(Cl)c2)CC1. The topological polar surface area (TPSA) is 62.4 Å². The Kier molecular flexibility index (Phi) is 12.1. The minimum atomic E-state index is -0.0875. The normalized spacial score (nSPS) is 19.2. The lowest BCUT2D eigenvalue weighted by Gasteiger charge is -2.36. The summed E-state index contributed by atoms with van der Waals surface area (Å²) in [5.74, 6) is -0.0514. The first kappa shape index (κ1) is 35.3. The van der Waals surface area contributed by atoms with Crippen LogP contribution in [0.3, 0.4) is 0 Å². The van der Waals surface area contributed by atoms with E-state index in [0.717, 1.165) is 62.6 Å². The van der Waals surface area contributed by atoms with Gasteiger partial charge in [-0.15, -0.1) is 0 Å². The second kappa shape index (κ2) is 16.4. The molecule has 48 heavy (non-hydrogen) atoms. The highest BCUT2D eigenvalue weighted by atomic mass is 127. The molecule has 1 N–H and O–H groups in total. The summed E-state index contributed by atoms with van der Waals surface area (Å²) < 4.78 is 0.526. The smallest absolute Gasteiger partial charge is 0.251 e. The summed E-state index contributed by atoms with van der Waals surface area (Å²) in [6, 6.07) is 20.1. The first-order chi connectivity index (χ1) is 23.3. The lowest BCUT2D eigenvalue weighted by atomic mass is 10.1. The highest BCUT2D eigenvalue weighted by Crippen LogP contribution is 2.30. The maximum absolute atomic E-state index is 13.3. The predicted molar refractivity (Wildman–Crippen MR) is 205 cm³/mol. The largest absolute Gasteiger partial charge is 0.368 e. The molecule has 3 aliphatic heterocycles. The molecule has 3 aromatic carbocycles. The van der Waals surface area contributed by atoms with E-state index < -0.39 is 0 Å². The maximum atomic E-state index is 13.3. The van der Waals surface area contributed by atoms with Crippen molar-refractivity contribution in [1.82, 2.24) is 20.0 Å². The van der Waals surface area contributed by atoms with Crippen molar-refractivity contribution >= 4 is 69.0 Å². The fraction of sp³-hybridized carbons (Fsp3) is 0.459. The summed E-state index contributed by atoms with van der Waals surface area (Å²) in [6.07, 6.45) is 2.62. The molecule has 0 aromatic heterocycles. The number of halogens is 3. The second-order valence-electron chi connectivity index (χ2n) is 13.0. The number of benzene rings is 3. The molecular formula is C37H45Cl2IN6O2. The van der Waals surface area contributed by atoms with E-state index in [1.54, 1.807) is 0 Å². The number of anilines is 2. The zero-order valence-corrected chi connectivity index (χ0v) is 31.3. The van der Waals surface area contributed by atoms with Gasteiger partial charge in [0.15, 0.2) is 0 Å². The van der Waals surface area contributed by atoms with E-state index in [2.05, 4.69) is 78.7 Å². The van der Waals surface area contributed by atoms with Crippen LogP contribution in [0.4, 0.5) is 11.4 Å². The minimum absolute atomic E-state index is 0.0361. The van der Waals surface area contributed by atoms with Crippen molar-refractivity contribution in [3.63, 3.8) is 0 Å². The molecule has 0 saturated carbocycles. The van der Waals surface area contributed by atoms with Crippen LogP contribution in [0.15, 0.2) is 60.7 Å². The average molecular weight is 804 g/mol. The van der Waals surface area contributed by atoms with Crippen LogP contribution in [0.5, 0.6) is 0 Å². The van der Waals surface area contributed by atoms with Crippen molar-refractivity contribution in [2.45, 2.75) is 43.3 Å². The molecule has 6 rings (SSSR count). The Morgan fingerprint density at radius 2 is 1.50 bits per heavy atom. The summed E-state index contributed by atoms with van der Waals surface area (Å²) in [5.41, 5.74) is 5.78. The van der Waals surface area contributed by atoms with Gasteiger partial charge in [-0.25, -0.2) is 0 Å². The third kappa shape index (κ3) is 8.77. The van der Waals surface area contributed by atoms with Gasteiger partial charge in [-0.2, -0.15) is 0 Å². The maximum Gasteiger partial charge on any atom is 0.251 e. The Labute approximate surface area is 308 Å². The fourth-order valence-electron chi connectivity index (χ4n) is 6.88. The number of amides is 2. The molecule has 3 fully saturated rings. The lowest BCUT2D eigenvalue weighted by Crippen LogP contribution is -2.49. The van der Waals surface area contributed by atoms with Gasteiger partial charge in [0.05, 0.1) is 10.5 Å². The number of piperazine rings is 2. The van der Waals surface area contributed by atoms with Crippen LogP contribution >= 0.6 is 45.8 Å². The first-order valence-electron chi connectivity index (χ1n) is 17.1. The fourth-order valence-corrected chi connectivity index (χ4v) is 8.59. The van der Waals surface area contributed by atoms with Crippen molar-refractivity contribution in [1.29, 1.82) is 0 Å². The molecule has 2 amide bonds. The molecule has 0 bridgehead atoms. The van der Waals surface area contributed by atoms with E-state index in [4.69, 9.17) is 23.2 Å². The molecular weight excluding hydrogens is 758 g/mol. The predicted octanol–water partition coefficient (Wildman–Crippen LogP) is 6.31. The van der Waals surface area contributed by atoms with Gasteiger partial charge in [0.1, 0.15) is 0 Å². The monoisotopic (exact) mass is 802 g/mol. The quantitative estimate of drug-likeness (QED) is 0.147. The molecule has 0 radical (unpaired) electrons. The van der Waals surface area contributed by atoms with Crippen LogP contribution in [-0.4, -0.2) is 96.0 Å². The van der Waals surface area contributed by atoms with Crippen LogP contribution in [0.25, 0.3) is 0 Å². The van der Waals surface area contributed by atoms with Crippen LogP contribution in [0.2, 0.25) is 10.0 Å². The molecule has 3 saturated heterocycles. The van der Waals surface area contributed by atoms with E-state index in [-0.39, 0.29) is 18.2 Å². The second-order valence-corrected chi connectivity index (χ2v) is 15.2. The molecule has 1 unspecified atom stereocenters. The molecule has 3 heterocycles. The third-order valence-electron chi connectivity index (χ3n) is 9.85. The van der Waals surface area contributed by atoms with E-state index in [9.17, 15) is 9.59 Å². The molecule has 8 nitrogen and oxygen atoms in total. The van der Waals surface area contributed by atoms with Crippen molar-refractivity contribution in [2.75, 3.05) is 75.2 Å². The van der Waals surface area contributed by atoms with E-state index >= 15 is 0 Å². The van der Waals surface area contributed by atoms with Gasteiger partial charge in [-0.3, -0.25) is 14.5 Å². The number of nitrogens with zero attached hydrogens (tertiary/aromatic N) is 5. The van der Waals surface area contributed by atoms with Crippen molar-refractivity contribution < 1.29 is 9.59 Å². The molecule has 256 valence electrons. The van der Waals surface area contributed by atoms with Crippen molar-refractivity contribution in [3.8, 4) is 0 Å². The summed E-state index contributed by atoms with van der Waals surface area (Å²) >= 11 is 15.9. The van der Waals surface area contributed by atoms with Crippen LogP contribution < -0.4 is 15.1 Å². The Bertz CT molecular complexity index is 1550. The van der Waals surface area contributed by atoms with Gasteiger partial charge >= 0.3 is 0 Å². The Morgan fingerprint density at radius 3 is 2.15 bits per heavy atom. The number of alkyl halides is 1. The molecule has 1 atom stereocenters. The number of hydrogen-bond donors (Lipinski definition) is 1. The van der Waals surface area contributed by atoms with Gasteiger partial charge < -0.3 is 24.9 Å². The standard InChI is InChI=1S/C37H45Cl2IN6O2/c1-2-42-13-15-43(16-14-42)26-28-22-33(38)32(34(39)23-28)24-36(47)45-19-17-44(18-20-45)30-10-8-29(9-11-30)37(48)41-25-27-5-3-6-31(21-27)46-12-4-7-35(46)40/h3,5-6,8-11,21-23,35H,2,4,7,12-20,24-26H2,1H3,(H,41,48). The first-order valence-corrected chi connectivity index (χ1v) is 19.1. The minimum Gasteiger partial charge on any atom is -0.368 e. The van der Waals surface area contributed by atoms with Crippen LogP contribution in [0.1, 0.15) is 46.8 Å². The molecule has 3 aromatic rings. The highest BCUT2D eigenvalue weighted by molar-refractivity contribution is 14.1. The molecule has 0 spiro atoms.